The minimum atomic E-state index is -0.365. The van der Waals surface area contributed by atoms with Gasteiger partial charge in [0, 0.05) is 44.0 Å². The summed E-state index contributed by atoms with van der Waals surface area (Å²) < 4.78 is 5.78. The number of nitrogens with zero attached hydrogens (tertiary/aromatic N) is 3. The van der Waals surface area contributed by atoms with Crippen LogP contribution in [0.5, 0.6) is 5.75 Å². The van der Waals surface area contributed by atoms with Crippen molar-refractivity contribution >= 4 is 23.6 Å². The maximum atomic E-state index is 13.1. The van der Waals surface area contributed by atoms with Crippen molar-refractivity contribution in [3.05, 3.63) is 66.2 Å². The highest BCUT2D eigenvalue weighted by atomic mass is 32.2. The quantitative estimate of drug-likeness (QED) is 0.712. The molecule has 2 aliphatic rings. The van der Waals surface area contributed by atoms with Crippen LogP contribution in [-0.4, -0.2) is 83.5 Å². The summed E-state index contributed by atoms with van der Waals surface area (Å²) in [6.07, 6.45) is 0. The zero-order valence-corrected chi connectivity index (χ0v) is 17.8. The van der Waals surface area contributed by atoms with Gasteiger partial charge >= 0.3 is 0 Å². The number of rotatable bonds is 6. The van der Waals surface area contributed by atoms with E-state index >= 15 is 0 Å². The van der Waals surface area contributed by atoms with Crippen molar-refractivity contribution in [2.75, 3.05) is 51.0 Å². The Morgan fingerprint density at radius 1 is 0.933 bits per heavy atom. The molecular formula is C23H27N3O3S. The molecule has 0 aromatic heterocycles. The Labute approximate surface area is 181 Å². The van der Waals surface area contributed by atoms with Crippen molar-refractivity contribution in [2.24, 2.45) is 0 Å². The minimum absolute atomic E-state index is 0.0596. The van der Waals surface area contributed by atoms with Crippen molar-refractivity contribution < 1.29 is 14.3 Å². The van der Waals surface area contributed by atoms with Crippen LogP contribution in [0.25, 0.3) is 0 Å². The number of thioether (sulfide) groups is 1. The lowest BCUT2D eigenvalue weighted by Crippen LogP contribution is -2.55. The Kier molecular flexibility index (Phi) is 6.92. The third-order valence-electron chi connectivity index (χ3n) is 5.55. The van der Waals surface area contributed by atoms with Crippen LogP contribution in [0.3, 0.4) is 0 Å². The summed E-state index contributed by atoms with van der Waals surface area (Å²) in [4.78, 5) is 31.9. The maximum absolute atomic E-state index is 13.1. The molecule has 2 amide bonds. The minimum Gasteiger partial charge on any atom is -0.492 e. The van der Waals surface area contributed by atoms with Crippen LogP contribution >= 0.6 is 11.8 Å². The number of benzene rings is 2. The third-order valence-corrected chi connectivity index (χ3v) is 6.56. The molecule has 0 radical (unpaired) electrons. The first kappa shape index (κ1) is 20.8. The van der Waals surface area contributed by atoms with E-state index in [2.05, 4.69) is 4.90 Å². The number of hydrogen-bond acceptors (Lipinski definition) is 5. The van der Waals surface area contributed by atoms with Crippen LogP contribution < -0.4 is 4.74 Å². The van der Waals surface area contributed by atoms with Gasteiger partial charge in [-0.2, -0.15) is 0 Å². The average molecular weight is 426 g/mol. The number of carbonyl (C=O) groups excluding carboxylic acids is 2. The first-order valence-corrected chi connectivity index (χ1v) is 11.5. The summed E-state index contributed by atoms with van der Waals surface area (Å²) >= 11 is 1.65. The van der Waals surface area contributed by atoms with Crippen molar-refractivity contribution in [3.63, 3.8) is 0 Å². The van der Waals surface area contributed by atoms with Crippen molar-refractivity contribution in [1.29, 1.82) is 0 Å². The van der Waals surface area contributed by atoms with Gasteiger partial charge in [0.2, 0.25) is 5.91 Å². The van der Waals surface area contributed by atoms with E-state index in [9.17, 15) is 9.59 Å². The van der Waals surface area contributed by atoms with E-state index < -0.39 is 0 Å². The lowest BCUT2D eigenvalue weighted by atomic mass is 10.1. The van der Waals surface area contributed by atoms with Crippen molar-refractivity contribution in [1.82, 2.24) is 14.7 Å². The first-order chi connectivity index (χ1) is 14.7. The predicted octanol–water partition coefficient (Wildman–Crippen LogP) is 2.42. The van der Waals surface area contributed by atoms with E-state index in [1.807, 2.05) is 65.6 Å². The van der Waals surface area contributed by atoms with Crippen LogP contribution in [0.15, 0.2) is 60.7 Å². The molecule has 2 fully saturated rings. The van der Waals surface area contributed by atoms with Gasteiger partial charge in [-0.15, -0.1) is 11.8 Å². The number of carbonyl (C=O) groups is 2. The third kappa shape index (κ3) is 4.96. The predicted molar refractivity (Wildman–Crippen MR) is 119 cm³/mol. The summed E-state index contributed by atoms with van der Waals surface area (Å²) in [5.74, 6) is 2.14. The van der Waals surface area contributed by atoms with Gasteiger partial charge in [-0.05, 0) is 24.3 Å². The molecule has 1 unspecified atom stereocenters. The highest BCUT2D eigenvalue weighted by Gasteiger charge is 2.38. The second kappa shape index (κ2) is 10.00. The number of piperazine rings is 1. The van der Waals surface area contributed by atoms with E-state index in [1.54, 1.807) is 16.7 Å². The number of hydrogen-bond donors (Lipinski definition) is 0. The molecule has 4 rings (SSSR count). The summed E-state index contributed by atoms with van der Waals surface area (Å²) in [7, 11) is 0. The molecule has 0 saturated carbocycles. The molecule has 0 bridgehead atoms. The summed E-state index contributed by atoms with van der Waals surface area (Å²) in [5, 5.41) is 0. The number of ether oxygens (including phenoxy) is 1. The van der Waals surface area contributed by atoms with E-state index in [0.717, 1.165) is 25.4 Å². The van der Waals surface area contributed by atoms with Crippen LogP contribution in [0.2, 0.25) is 0 Å². The molecule has 158 valence electrons. The number of para-hydroxylation sites is 1. The monoisotopic (exact) mass is 425 g/mol. The van der Waals surface area contributed by atoms with Crippen molar-refractivity contribution in [3.8, 4) is 5.75 Å². The van der Waals surface area contributed by atoms with Gasteiger partial charge in [-0.1, -0.05) is 36.4 Å². The Hall–Kier alpha value is -2.51. The standard InChI is InChI=1S/C23H27N3O3S/c27-22(19-7-3-1-4-8-19)26-18-30-17-21(26)23(28)25-13-11-24(12-14-25)15-16-29-20-9-5-2-6-10-20/h1-10,21H,11-18H2. The van der Waals surface area contributed by atoms with Gasteiger partial charge in [0.25, 0.3) is 5.91 Å². The van der Waals surface area contributed by atoms with Crippen LogP contribution in [0, 0.1) is 0 Å². The van der Waals surface area contributed by atoms with Gasteiger partial charge < -0.3 is 14.5 Å². The van der Waals surface area contributed by atoms with Gasteiger partial charge in [0.1, 0.15) is 18.4 Å². The first-order valence-electron chi connectivity index (χ1n) is 10.3. The molecular weight excluding hydrogens is 398 g/mol. The van der Waals surface area contributed by atoms with Gasteiger partial charge in [-0.3, -0.25) is 14.5 Å². The fourth-order valence-electron chi connectivity index (χ4n) is 3.81. The molecule has 2 aromatic rings. The highest BCUT2D eigenvalue weighted by molar-refractivity contribution is 7.99. The molecule has 2 aliphatic heterocycles. The zero-order valence-electron chi connectivity index (χ0n) is 17.0. The summed E-state index contributed by atoms with van der Waals surface area (Å²) in [5.41, 5.74) is 0.640. The lowest BCUT2D eigenvalue weighted by molar-refractivity contribution is -0.136. The largest absolute Gasteiger partial charge is 0.492 e. The van der Waals surface area contributed by atoms with E-state index in [0.29, 0.717) is 36.9 Å². The van der Waals surface area contributed by atoms with E-state index in [1.165, 1.54) is 0 Å². The smallest absolute Gasteiger partial charge is 0.255 e. The average Bonchev–Trinajstić information content (AvgIpc) is 3.30. The van der Waals surface area contributed by atoms with Gasteiger partial charge in [0.05, 0.1) is 5.88 Å². The molecule has 30 heavy (non-hydrogen) atoms. The molecule has 2 heterocycles. The van der Waals surface area contributed by atoms with E-state index in [4.69, 9.17) is 4.74 Å². The van der Waals surface area contributed by atoms with Gasteiger partial charge in [-0.25, -0.2) is 0 Å². The Morgan fingerprint density at radius 2 is 1.60 bits per heavy atom. The second-order valence-corrected chi connectivity index (χ2v) is 8.48. The molecule has 1 atom stereocenters. The SMILES string of the molecule is O=C(C1CSCN1C(=O)c1ccccc1)N1CCN(CCOc2ccccc2)CC1. The Morgan fingerprint density at radius 3 is 2.30 bits per heavy atom. The summed E-state index contributed by atoms with van der Waals surface area (Å²) in [6, 6.07) is 18.7. The van der Waals surface area contributed by atoms with Crippen LogP contribution in [0.4, 0.5) is 0 Å². The Bertz CT molecular complexity index is 841. The second-order valence-electron chi connectivity index (χ2n) is 7.49. The van der Waals surface area contributed by atoms with Crippen LogP contribution in [-0.2, 0) is 4.79 Å². The molecule has 0 spiro atoms. The van der Waals surface area contributed by atoms with Gasteiger partial charge in [0.15, 0.2) is 0 Å². The maximum Gasteiger partial charge on any atom is 0.255 e. The Balaban J connectivity index is 1.26. The molecule has 6 nitrogen and oxygen atoms in total. The lowest BCUT2D eigenvalue weighted by Gasteiger charge is -2.37. The topological polar surface area (TPSA) is 53.1 Å². The highest BCUT2D eigenvalue weighted by Crippen LogP contribution is 2.25. The zero-order chi connectivity index (χ0) is 20.8. The molecule has 2 saturated heterocycles. The van der Waals surface area contributed by atoms with Crippen molar-refractivity contribution in [2.45, 2.75) is 6.04 Å². The molecule has 0 aliphatic carbocycles. The fraction of sp³-hybridized carbons (Fsp3) is 0.391. The normalized spacial score (nSPS) is 19.7. The van der Waals surface area contributed by atoms with E-state index in [-0.39, 0.29) is 17.9 Å². The summed E-state index contributed by atoms with van der Waals surface area (Å²) in [6.45, 7) is 4.52. The molecule has 7 heteroatoms. The fourth-order valence-corrected chi connectivity index (χ4v) is 4.95. The number of amides is 2. The molecule has 0 N–H and O–H groups in total. The van der Waals surface area contributed by atoms with Crippen LogP contribution in [0.1, 0.15) is 10.4 Å². The molecule has 2 aromatic carbocycles.